The third-order valence-corrected chi connectivity index (χ3v) is 5.13. The average Bonchev–Trinajstić information content (AvgIpc) is 3.26. The first kappa shape index (κ1) is 15.6. The minimum absolute atomic E-state index is 0.222. The third kappa shape index (κ3) is 2.95. The molecule has 2 rings (SSSR count). The van der Waals surface area contributed by atoms with Crippen LogP contribution in [0.25, 0.3) is 0 Å². The van der Waals surface area contributed by atoms with Crippen LogP contribution in [-0.4, -0.2) is 15.8 Å². The lowest BCUT2D eigenvalue weighted by Gasteiger charge is -2.44. The van der Waals surface area contributed by atoms with Gasteiger partial charge in [0.2, 0.25) is 0 Å². The highest BCUT2D eigenvalue weighted by Crippen LogP contribution is 2.60. The first-order valence-electron chi connectivity index (χ1n) is 8.12. The molecule has 114 valence electrons. The fourth-order valence-electron chi connectivity index (χ4n) is 3.68. The molecule has 0 unspecified atom stereocenters. The summed E-state index contributed by atoms with van der Waals surface area (Å²) in [6, 6.07) is 0. The first-order chi connectivity index (χ1) is 9.33. The zero-order valence-corrected chi connectivity index (χ0v) is 13.3. The van der Waals surface area contributed by atoms with E-state index in [0.717, 1.165) is 44.1 Å². The van der Waals surface area contributed by atoms with Crippen molar-refractivity contribution in [3.05, 3.63) is 24.0 Å². The molecule has 0 aromatic heterocycles. The lowest BCUT2D eigenvalue weighted by molar-refractivity contribution is -0.104. The van der Waals surface area contributed by atoms with Gasteiger partial charge in [-0.05, 0) is 67.4 Å². The van der Waals surface area contributed by atoms with Crippen molar-refractivity contribution in [2.75, 3.05) is 0 Å². The van der Waals surface area contributed by atoms with E-state index in [-0.39, 0.29) is 5.41 Å². The molecule has 0 saturated heterocycles. The summed E-state index contributed by atoms with van der Waals surface area (Å²) in [5, 5.41) is 21.3. The molecule has 0 atom stereocenters. The molecule has 2 saturated carbocycles. The highest BCUT2D eigenvalue weighted by molar-refractivity contribution is 5.25. The van der Waals surface area contributed by atoms with E-state index >= 15 is 0 Å². The smallest absolute Gasteiger partial charge is 0.114 e. The van der Waals surface area contributed by atoms with Gasteiger partial charge in [-0.3, -0.25) is 0 Å². The Morgan fingerprint density at radius 3 is 2.10 bits per heavy atom. The molecule has 2 aliphatic carbocycles. The van der Waals surface area contributed by atoms with Gasteiger partial charge in [-0.1, -0.05) is 33.8 Å². The van der Waals surface area contributed by atoms with Gasteiger partial charge in [-0.15, -0.1) is 0 Å². The van der Waals surface area contributed by atoms with E-state index in [2.05, 4.69) is 27.4 Å². The predicted molar refractivity (Wildman–Crippen MR) is 83.6 cm³/mol. The Morgan fingerprint density at radius 1 is 1.20 bits per heavy atom. The van der Waals surface area contributed by atoms with Gasteiger partial charge in [0.1, 0.15) is 5.76 Å². The molecular weight excluding hydrogens is 248 g/mol. The van der Waals surface area contributed by atoms with Gasteiger partial charge in [0.25, 0.3) is 0 Å². The molecule has 2 fully saturated rings. The van der Waals surface area contributed by atoms with E-state index in [1.165, 1.54) is 0 Å². The highest BCUT2D eigenvalue weighted by Gasteiger charge is 2.60. The summed E-state index contributed by atoms with van der Waals surface area (Å²) in [5.41, 5.74) is -0.0234. The van der Waals surface area contributed by atoms with Gasteiger partial charge in [-0.25, -0.2) is 0 Å². The van der Waals surface area contributed by atoms with Crippen LogP contribution in [0.5, 0.6) is 0 Å². The zero-order valence-electron chi connectivity index (χ0n) is 13.3. The van der Waals surface area contributed by atoms with Crippen molar-refractivity contribution in [2.45, 2.75) is 71.3 Å². The number of allylic oxidation sites excluding steroid dienone is 2. The quantitative estimate of drug-likeness (QED) is 0.497. The molecule has 0 amide bonds. The van der Waals surface area contributed by atoms with Gasteiger partial charge >= 0.3 is 0 Å². The summed E-state index contributed by atoms with van der Waals surface area (Å²) in [5.74, 6) is 1.23. The average molecular weight is 278 g/mol. The summed E-state index contributed by atoms with van der Waals surface area (Å²) in [6.07, 6.45) is 9.03. The van der Waals surface area contributed by atoms with E-state index in [1.807, 2.05) is 6.08 Å². The SMILES string of the molecule is C=C(CC(C)(C)C(O)(C1CC1)C1CC1)C(O)=CCCC. The van der Waals surface area contributed by atoms with E-state index in [1.54, 1.807) is 0 Å². The fraction of sp³-hybridized carbons (Fsp3) is 0.778. The Labute approximate surface area is 123 Å². The number of aliphatic hydroxyl groups excluding tert-OH is 1. The van der Waals surface area contributed by atoms with Crippen LogP contribution < -0.4 is 0 Å². The van der Waals surface area contributed by atoms with Gasteiger partial charge in [-0.2, -0.15) is 0 Å². The molecule has 2 N–H and O–H groups in total. The van der Waals surface area contributed by atoms with E-state index in [4.69, 9.17) is 0 Å². The van der Waals surface area contributed by atoms with Crippen molar-refractivity contribution in [3.8, 4) is 0 Å². The number of hydrogen-bond acceptors (Lipinski definition) is 2. The van der Waals surface area contributed by atoms with Gasteiger partial charge in [0.15, 0.2) is 0 Å². The van der Waals surface area contributed by atoms with Crippen LogP contribution in [0.4, 0.5) is 0 Å². The molecule has 0 aromatic carbocycles. The number of unbranched alkanes of at least 4 members (excludes halogenated alkanes) is 1. The molecule has 0 heterocycles. The van der Waals surface area contributed by atoms with E-state index < -0.39 is 5.60 Å². The normalized spacial score (nSPS) is 21.1. The Kier molecular flexibility index (Phi) is 4.34. The highest BCUT2D eigenvalue weighted by atomic mass is 16.3. The van der Waals surface area contributed by atoms with Crippen LogP contribution in [0.3, 0.4) is 0 Å². The Bertz CT molecular complexity index is 386. The van der Waals surface area contributed by atoms with Crippen molar-refractivity contribution in [2.24, 2.45) is 17.3 Å². The van der Waals surface area contributed by atoms with Crippen molar-refractivity contribution >= 4 is 0 Å². The first-order valence-corrected chi connectivity index (χ1v) is 8.12. The second kappa shape index (κ2) is 5.55. The fourth-order valence-corrected chi connectivity index (χ4v) is 3.68. The molecule has 0 aromatic rings. The van der Waals surface area contributed by atoms with E-state index in [9.17, 15) is 10.2 Å². The summed E-state index contributed by atoms with van der Waals surface area (Å²) >= 11 is 0. The van der Waals surface area contributed by atoms with Crippen molar-refractivity contribution < 1.29 is 10.2 Å². The Hall–Kier alpha value is -0.760. The Balaban J connectivity index is 2.07. The molecule has 0 bridgehead atoms. The minimum Gasteiger partial charge on any atom is -0.508 e. The number of rotatable bonds is 8. The molecule has 2 aliphatic rings. The second-order valence-electron chi connectivity index (χ2n) is 7.42. The zero-order chi connectivity index (χ0) is 15.0. The minimum atomic E-state index is -0.568. The van der Waals surface area contributed by atoms with Crippen LogP contribution in [0.2, 0.25) is 0 Å². The lowest BCUT2D eigenvalue weighted by Crippen LogP contribution is -2.49. The van der Waals surface area contributed by atoms with Crippen LogP contribution in [0, 0.1) is 17.3 Å². The molecule has 20 heavy (non-hydrogen) atoms. The maximum atomic E-state index is 11.3. The summed E-state index contributed by atoms with van der Waals surface area (Å²) in [6.45, 7) is 10.4. The monoisotopic (exact) mass is 278 g/mol. The number of hydrogen-bond donors (Lipinski definition) is 2. The van der Waals surface area contributed by atoms with Gasteiger partial charge < -0.3 is 10.2 Å². The summed E-state index contributed by atoms with van der Waals surface area (Å²) < 4.78 is 0. The summed E-state index contributed by atoms with van der Waals surface area (Å²) in [7, 11) is 0. The van der Waals surface area contributed by atoms with Crippen molar-refractivity contribution in [1.82, 2.24) is 0 Å². The lowest BCUT2D eigenvalue weighted by atomic mass is 9.65. The second-order valence-corrected chi connectivity index (χ2v) is 7.42. The van der Waals surface area contributed by atoms with Crippen LogP contribution in [0.1, 0.15) is 65.7 Å². The molecule has 0 spiro atoms. The van der Waals surface area contributed by atoms with Crippen molar-refractivity contribution in [1.29, 1.82) is 0 Å². The maximum absolute atomic E-state index is 11.3. The molecular formula is C18H30O2. The third-order valence-electron chi connectivity index (χ3n) is 5.13. The topological polar surface area (TPSA) is 40.5 Å². The largest absolute Gasteiger partial charge is 0.508 e. The van der Waals surface area contributed by atoms with Crippen molar-refractivity contribution in [3.63, 3.8) is 0 Å². The predicted octanol–water partition coefficient (Wildman–Crippen LogP) is 4.75. The molecule has 0 aliphatic heterocycles. The summed E-state index contributed by atoms with van der Waals surface area (Å²) in [4.78, 5) is 0. The maximum Gasteiger partial charge on any atom is 0.114 e. The molecule has 0 radical (unpaired) electrons. The standard InChI is InChI=1S/C18H30O2/c1-5-6-7-16(19)13(2)12-17(3,4)18(20,14-8-9-14)15-10-11-15/h7,14-15,19-20H,2,5-6,8-12H2,1,3-4H3. The molecule has 2 heteroatoms. The van der Waals surface area contributed by atoms with Crippen LogP contribution in [-0.2, 0) is 0 Å². The van der Waals surface area contributed by atoms with Crippen LogP contribution in [0.15, 0.2) is 24.0 Å². The van der Waals surface area contributed by atoms with Gasteiger partial charge in [0.05, 0.1) is 5.60 Å². The molecule has 2 nitrogen and oxygen atoms in total. The van der Waals surface area contributed by atoms with E-state index in [0.29, 0.717) is 24.0 Å². The number of aliphatic hydroxyl groups is 2. The van der Waals surface area contributed by atoms with Crippen LogP contribution >= 0.6 is 0 Å². The van der Waals surface area contributed by atoms with Gasteiger partial charge in [0, 0.05) is 0 Å². The Morgan fingerprint density at radius 2 is 1.70 bits per heavy atom.